The van der Waals surface area contributed by atoms with Crippen molar-refractivity contribution in [1.82, 2.24) is 0 Å². The molecule has 1 heterocycles. The van der Waals surface area contributed by atoms with E-state index in [0.717, 1.165) is 0 Å². The molecule has 0 amide bonds. The van der Waals surface area contributed by atoms with Crippen molar-refractivity contribution in [2.45, 2.75) is 70.6 Å². The van der Waals surface area contributed by atoms with Gasteiger partial charge in [0.1, 0.15) is 11.4 Å². The van der Waals surface area contributed by atoms with Gasteiger partial charge in [0.15, 0.2) is 5.78 Å². The average molecular weight is 380 g/mol. The third-order valence-corrected chi connectivity index (χ3v) is 7.32. The Morgan fingerprint density at radius 1 is 1.19 bits per heavy atom. The van der Waals surface area contributed by atoms with E-state index in [2.05, 4.69) is 0 Å². The van der Waals surface area contributed by atoms with Gasteiger partial charge in [-0.2, -0.15) is 4.89 Å². The number of hydrogen-bond acceptors (Lipinski definition) is 7. The molecule has 7 heteroatoms. The molecular weight excluding hydrogens is 352 g/mol. The normalized spacial score (nSPS) is 52.3. The molecule has 2 saturated carbocycles. The van der Waals surface area contributed by atoms with E-state index in [1.54, 1.807) is 20.8 Å². The number of carbonyl (C=O) groups is 2. The number of ketones is 2. The van der Waals surface area contributed by atoms with E-state index >= 15 is 0 Å². The Hall–Kier alpha value is -1.12. The van der Waals surface area contributed by atoms with Crippen LogP contribution in [0.5, 0.6) is 0 Å². The highest BCUT2D eigenvalue weighted by Gasteiger charge is 2.76. The lowest BCUT2D eigenvalue weighted by molar-refractivity contribution is -0.530. The maximum Gasteiger partial charge on any atom is 0.211 e. The molecule has 0 aromatic carbocycles. The number of fused-ring (bicyclic) bond motifs is 1. The van der Waals surface area contributed by atoms with E-state index in [-0.39, 0.29) is 24.4 Å². The fraction of sp³-hybridized carbons (Fsp3) is 0.800. The van der Waals surface area contributed by atoms with Crippen LogP contribution in [0.3, 0.4) is 0 Å². The molecule has 3 aliphatic carbocycles. The van der Waals surface area contributed by atoms with Gasteiger partial charge < -0.3 is 15.3 Å². The van der Waals surface area contributed by atoms with Crippen LogP contribution in [-0.4, -0.2) is 50.0 Å². The fourth-order valence-electron chi connectivity index (χ4n) is 6.02. The van der Waals surface area contributed by atoms with Crippen LogP contribution in [0.1, 0.15) is 47.5 Å². The van der Waals surface area contributed by atoms with Crippen molar-refractivity contribution < 1.29 is 34.7 Å². The Morgan fingerprint density at radius 3 is 2.41 bits per heavy atom. The number of aliphatic hydroxyl groups is 3. The van der Waals surface area contributed by atoms with Gasteiger partial charge in [0.25, 0.3) is 0 Å². The number of hydrogen-bond donors (Lipinski definition) is 3. The van der Waals surface area contributed by atoms with Crippen LogP contribution < -0.4 is 0 Å². The van der Waals surface area contributed by atoms with Crippen molar-refractivity contribution in [2.24, 2.45) is 29.1 Å². The van der Waals surface area contributed by atoms with E-state index in [1.807, 2.05) is 0 Å². The highest BCUT2D eigenvalue weighted by Crippen LogP contribution is 2.65. The van der Waals surface area contributed by atoms with Crippen LogP contribution in [0.4, 0.5) is 0 Å². The number of aliphatic hydroxyl groups excluding tert-OH is 1. The molecular formula is C20H28O7. The highest BCUT2D eigenvalue weighted by molar-refractivity contribution is 6.10. The second kappa shape index (κ2) is 5.27. The van der Waals surface area contributed by atoms with Crippen LogP contribution in [0.25, 0.3) is 0 Å². The second-order valence-corrected chi connectivity index (χ2v) is 9.73. The first-order chi connectivity index (χ1) is 12.3. The lowest BCUT2D eigenvalue weighted by Crippen LogP contribution is -2.71. The molecule has 1 spiro atoms. The number of carbonyl (C=O) groups excluding carboxylic acids is 2. The minimum atomic E-state index is -2.11. The van der Waals surface area contributed by atoms with Crippen molar-refractivity contribution >= 4 is 11.6 Å². The van der Waals surface area contributed by atoms with Crippen molar-refractivity contribution in [2.75, 3.05) is 0 Å². The molecule has 0 radical (unpaired) electrons. The molecule has 3 fully saturated rings. The fourth-order valence-corrected chi connectivity index (χ4v) is 6.02. The summed E-state index contributed by atoms with van der Waals surface area (Å²) < 4.78 is 0. The molecule has 4 aliphatic rings. The smallest absolute Gasteiger partial charge is 0.211 e. The summed E-state index contributed by atoms with van der Waals surface area (Å²) in [6.07, 6.45) is 0.606. The molecule has 1 saturated heterocycles. The van der Waals surface area contributed by atoms with Gasteiger partial charge in [0.05, 0.1) is 23.0 Å². The first-order valence-corrected chi connectivity index (χ1v) is 9.60. The first-order valence-electron chi connectivity index (χ1n) is 9.60. The van der Waals surface area contributed by atoms with Gasteiger partial charge in [-0.1, -0.05) is 13.8 Å². The van der Waals surface area contributed by atoms with Gasteiger partial charge >= 0.3 is 0 Å². The van der Waals surface area contributed by atoms with Crippen molar-refractivity contribution in [3.63, 3.8) is 0 Å². The molecule has 3 N–H and O–H groups in total. The Bertz CT molecular complexity index is 752. The Morgan fingerprint density at radius 2 is 1.81 bits per heavy atom. The molecule has 1 unspecified atom stereocenters. The minimum Gasteiger partial charge on any atom is -0.390 e. The highest BCUT2D eigenvalue weighted by atomic mass is 17.2. The van der Waals surface area contributed by atoms with Crippen molar-refractivity contribution in [3.8, 4) is 0 Å². The van der Waals surface area contributed by atoms with Gasteiger partial charge in [0, 0.05) is 23.3 Å². The van der Waals surface area contributed by atoms with Crippen LogP contribution >= 0.6 is 0 Å². The molecule has 2 bridgehead atoms. The summed E-state index contributed by atoms with van der Waals surface area (Å²) in [6.45, 7) is 8.14. The summed E-state index contributed by atoms with van der Waals surface area (Å²) in [4.78, 5) is 37.5. The van der Waals surface area contributed by atoms with E-state index in [1.165, 1.54) is 19.9 Å². The molecule has 7 nitrogen and oxygen atoms in total. The van der Waals surface area contributed by atoms with E-state index < -0.39 is 52.2 Å². The maximum atomic E-state index is 13.6. The zero-order valence-corrected chi connectivity index (χ0v) is 16.4. The quantitative estimate of drug-likeness (QED) is 0.579. The number of Topliss-reactive ketones (excluding diaryl/α,β-unsaturated/α-hetero) is 2. The molecule has 27 heavy (non-hydrogen) atoms. The standard InChI is InChI=1S/C20H28O7/c1-9-6-12(17(3,4)24)20(25)14-16(23)18(5,26-27-20)8-11-13(21)10(2)7-19(11,14)15(9)22/h8-10,12,14,16,23-25H,6-7H2,1-5H3/t9-,10+,12?,14-,16-,18-,19+,20+/m1/s1. The Labute approximate surface area is 158 Å². The zero-order valence-electron chi connectivity index (χ0n) is 16.4. The maximum absolute atomic E-state index is 13.6. The number of allylic oxidation sites excluding steroid dienone is 1. The summed E-state index contributed by atoms with van der Waals surface area (Å²) in [5.74, 6) is -5.39. The molecule has 4 rings (SSSR count). The third kappa shape index (κ3) is 2.15. The molecule has 0 aromatic heterocycles. The summed E-state index contributed by atoms with van der Waals surface area (Å²) in [7, 11) is 0. The van der Waals surface area contributed by atoms with Crippen LogP contribution in [0.2, 0.25) is 0 Å². The third-order valence-electron chi connectivity index (χ3n) is 7.32. The summed E-state index contributed by atoms with van der Waals surface area (Å²) >= 11 is 0. The minimum absolute atomic E-state index is 0.153. The van der Waals surface area contributed by atoms with Crippen LogP contribution in [0.15, 0.2) is 11.6 Å². The van der Waals surface area contributed by atoms with Gasteiger partial charge in [-0.25, -0.2) is 4.89 Å². The molecule has 8 atom stereocenters. The molecule has 150 valence electrons. The summed E-state index contributed by atoms with van der Waals surface area (Å²) in [5, 5.41) is 33.6. The van der Waals surface area contributed by atoms with Crippen molar-refractivity contribution in [3.05, 3.63) is 11.6 Å². The van der Waals surface area contributed by atoms with Gasteiger partial charge in [-0.15, -0.1) is 0 Å². The van der Waals surface area contributed by atoms with Gasteiger partial charge in [-0.3, -0.25) is 9.59 Å². The molecule has 0 aromatic rings. The number of rotatable bonds is 1. The van der Waals surface area contributed by atoms with E-state index in [4.69, 9.17) is 9.78 Å². The monoisotopic (exact) mass is 380 g/mol. The first kappa shape index (κ1) is 19.2. The summed E-state index contributed by atoms with van der Waals surface area (Å²) in [6, 6.07) is 0. The average Bonchev–Trinajstić information content (AvgIpc) is 2.75. The van der Waals surface area contributed by atoms with Crippen molar-refractivity contribution in [1.29, 1.82) is 0 Å². The lowest BCUT2D eigenvalue weighted by Gasteiger charge is -2.58. The zero-order chi connectivity index (χ0) is 20.2. The Kier molecular flexibility index (Phi) is 3.75. The SMILES string of the molecule is C[C@@H]1CC(C(C)(C)O)[C@]2(O)OO[C@]3(C)C=C4C(=O)[C@@H](C)C[C@@]4(C1=O)[C@H]2[C@H]3O. The second-order valence-electron chi connectivity index (χ2n) is 9.73. The van der Waals surface area contributed by atoms with E-state index in [0.29, 0.717) is 5.57 Å². The van der Waals surface area contributed by atoms with Crippen LogP contribution in [-0.2, 0) is 19.4 Å². The van der Waals surface area contributed by atoms with E-state index in [9.17, 15) is 24.9 Å². The van der Waals surface area contributed by atoms with Crippen LogP contribution in [0, 0.1) is 29.1 Å². The molecule has 1 aliphatic heterocycles. The predicted molar refractivity (Wildman–Crippen MR) is 92.9 cm³/mol. The predicted octanol–water partition coefficient (Wildman–Crippen LogP) is 0.904. The van der Waals surface area contributed by atoms with Gasteiger partial charge in [-0.05, 0) is 39.7 Å². The topological polar surface area (TPSA) is 113 Å². The lowest BCUT2D eigenvalue weighted by atomic mass is 9.55. The van der Waals surface area contributed by atoms with Gasteiger partial charge in [0.2, 0.25) is 5.79 Å². The summed E-state index contributed by atoms with van der Waals surface area (Å²) in [5.41, 5.74) is -3.79. The Balaban J connectivity index is 2.05. The largest absolute Gasteiger partial charge is 0.390 e.